The van der Waals surface area contributed by atoms with Crippen molar-refractivity contribution in [1.29, 1.82) is 5.41 Å². The van der Waals surface area contributed by atoms with Crippen LogP contribution in [0.3, 0.4) is 0 Å². The van der Waals surface area contributed by atoms with Gasteiger partial charge < -0.3 is 9.80 Å². The standard InChI is InChI=1S/C20H26N6/c1-16(2)22-20(26(4)15-21)24-23-18-10-12-19(13-11-18)25(3)14-17-8-6-5-7-9-17/h5-13,15-16,21H,14H2,1-4H3/b21-15?,22-20-,24-23+. The number of aliphatic imine (C=N–C) groups is 1. The third-order valence-electron chi connectivity index (χ3n) is 3.69. The van der Waals surface area contributed by atoms with Crippen LogP contribution in [0.1, 0.15) is 19.4 Å². The van der Waals surface area contributed by atoms with Crippen molar-refractivity contribution >= 4 is 23.7 Å². The van der Waals surface area contributed by atoms with E-state index < -0.39 is 0 Å². The summed E-state index contributed by atoms with van der Waals surface area (Å²) in [6.07, 6.45) is 1.17. The summed E-state index contributed by atoms with van der Waals surface area (Å²) in [6, 6.07) is 18.4. The summed E-state index contributed by atoms with van der Waals surface area (Å²) in [7, 11) is 3.80. The summed E-state index contributed by atoms with van der Waals surface area (Å²) < 4.78 is 0. The van der Waals surface area contributed by atoms with Crippen LogP contribution in [0.4, 0.5) is 11.4 Å². The average Bonchev–Trinajstić information content (AvgIpc) is 2.65. The van der Waals surface area contributed by atoms with E-state index in [1.54, 1.807) is 7.05 Å². The summed E-state index contributed by atoms with van der Waals surface area (Å²) in [4.78, 5) is 8.10. The van der Waals surface area contributed by atoms with Crippen LogP contribution in [0.25, 0.3) is 0 Å². The van der Waals surface area contributed by atoms with Crippen molar-refractivity contribution in [3.05, 3.63) is 60.2 Å². The van der Waals surface area contributed by atoms with Crippen molar-refractivity contribution in [3.63, 3.8) is 0 Å². The molecule has 0 aromatic heterocycles. The van der Waals surface area contributed by atoms with Gasteiger partial charge in [-0.25, -0.2) is 4.99 Å². The second-order valence-electron chi connectivity index (χ2n) is 6.32. The smallest absolute Gasteiger partial charge is 0.245 e. The highest BCUT2D eigenvalue weighted by atomic mass is 15.3. The van der Waals surface area contributed by atoms with Crippen molar-refractivity contribution < 1.29 is 0 Å². The molecule has 0 fully saturated rings. The Morgan fingerprint density at radius 2 is 1.69 bits per heavy atom. The van der Waals surface area contributed by atoms with Crippen molar-refractivity contribution in [2.24, 2.45) is 15.2 Å². The zero-order valence-electron chi connectivity index (χ0n) is 15.8. The Morgan fingerprint density at radius 3 is 2.27 bits per heavy atom. The number of benzene rings is 2. The maximum Gasteiger partial charge on any atom is 0.245 e. The fraction of sp³-hybridized carbons (Fsp3) is 0.300. The van der Waals surface area contributed by atoms with Gasteiger partial charge in [0.1, 0.15) is 0 Å². The van der Waals surface area contributed by atoms with Crippen LogP contribution in [0.15, 0.2) is 69.8 Å². The average molecular weight is 350 g/mol. The summed E-state index contributed by atoms with van der Waals surface area (Å²) in [5.74, 6) is 0.417. The van der Waals surface area contributed by atoms with Crippen LogP contribution in [0.5, 0.6) is 0 Å². The Labute approximate surface area is 155 Å². The Bertz CT molecular complexity index is 750. The largest absolute Gasteiger partial charge is 0.370 e. The van der Waals surface area contributed by atoms with Crippen LogP contribution >= 0.6 is 0 Å². The third kappa shape index (κ3) is 5.81. The zero-order chi connectivity index (χ0) is 18.9. The second-order valence-corrected chi connectivity index (χ2v) is 6.32. The Balaban J connectivity index is 2.07. The van der Waals surface area contributed by atoms with Gasteiger partial charge in [-0.15, -0.1) is 10.2 Å². The molecule has 0 aliphatic carbocycles. The Kier molecular flexibility index (Phi) is 7.02. The molecule has 2 rings (SSSR count). The molecule has 2 aromatic carbocycles. The number of nitrogens with one attached hydrogen (secondary N) is 1. The van der Waals surface area contributed by atoms with Crippen molar-refractivity contribution in [2.75, 3.05) is 19.0 Å². The van der Waals surface area contributed by atoms with Gasteiger partial charge in [0.05, 0.1) is 12.0 Å². The Hall–Kier alpha value is -3.02. The highest BCUT2D eigenvalue weighted by Gasteiger charge is 2.05. The van der Waals surface area contributed by atoms with Crippen LogP contribution in [-0.2, 0) is 6.54 Å². The molecule has 2 aromatic rings. The topological polar surface area (TPSA) is 67.4 Å². The first-order valence-electron chi connectivity index (χ1n) is 8.57. The van der Waals surface area contributed by atoms with E-state index in [9.17, 15) is 0 Å². The van der Waals surface area contributed by atoms with E-state index in [1.165, 1.54) is 16.8 Å². The highest BCUT2D eigenvalue weighted by Crippen LogP contribution is 2.21. The summed E-state index contributed by atoms with van der Waals surface area (Å²) in [5.41, 5.74) is 3.13. The predicted octanol–water partition coefficient (Wildman–Crippen LogP) is 4.71. The predicted molar refractivity (Wildman–Crippen MR) is 109 cm³/mol. The first-order valence-corrected chi connectivity index (χ1v) is 8.57. The lowest BCUT2D eigenvalue weighted by atomic mass is 10.2. The van der Waals surface area contributed by atoms with E-state index in [4.69, 9.17) is 5.41 Å². The van der Waals surface area contributed by atoms with Gasteiger partial charge in [0, 0.05) is 32.4 Å². The number of guanidine groups is 1. The van der Waals surface area contributed by atoms with Gasteiger partial charge in [-0.05, 0) is 43.7 Å². The summed E-state index contributed by atoms with van der Waals surface area (Å²) in [5, 5.41) is 15.8. The quantitative estimate of drug-likeness (QED) is 0.466. The molecule has 6 nitrogen and oxygen atoms in total. The molecule has 0 bridgehead atoms. The molecule has 0 spiro atoms. The normalized spacial score (nSPS) is 11.8. The molecule has 0 saturated carbocycles. The summed E-state index contributed by atoms with van der Waals surface area (Å²) >= 11 is 0. The monoisotopic (exact) mass is 350 g/mol. The van der Waals surface area contributed by atoms with Gasteiger partial charge >= 0.3 is 0 Å². The highest BCUT2D eigenvalue weighted by molar-refractivity contribution is 5.89. The zero-order valence-corrected chi connectivity index (χ0v) is 15.8. The van der Waals surface area contributed by atoms with E-state index in [0.29, 0.717) is 5.96 Å². The lowest BCUT2D eigenvalue weighted by Crippen LogP contribution is -2.23. The van der Waals surface area contributed by atoms with Crippen molar-refractivity contribution in [1.82, 2.24) is 4.90 Å². The van der Waals surface area contributed by atoms with Gasteiger partial charge in [-0.3, -0.25) is 5.41 Å². The first-order chi connectivity index (χ1) is 12.5. The maximum absolute atomic E-state index is 7.35. The Morgan fingerprint density at radius 1 is 1.04 bits per heavy atom. The molecule has 0 unspecified atom stereocenters. The minimum Gasteiger partial charge on any atom is -0.370 e. The molecule has 0 amide bonds. The lowest BCUT2D eigenvalue weighted by molar-refractivity contribution is 0.717. The summed E-state index contributed by atoms with van der Waals surface area (Å²) in [6.45, 7) is 4.77. The number of anilines is 1. The van der Waals surface area contributed by atoms with Crippen LogP contribution in [-0.4, -0.2) is 37.3 Å². The molecule has 1 N–H and O–H groups in total. The van der Waals surface area contributed by atoms with Gasteiger partial charge in [-0.2, -0.15) is 0 Å². The molecular weight excluding hydrogens is 324 g/mol. The molecule has 0 radical (unpaired) electrons. The van der Waals surface area contributed by atoms with Crippen LogP contribution in [0, 0.1) is 5.41 Å². The number of hydrogen-bond donors (Lipinski definition) is 1. The lowest BCUT2D eigenvalue weighted by Gasteiger charge is -2.19. The fourth-order valence-corrected chi connectivity index (χ4v) is 2.30. The molecule has 136 valence electrons. The van der Waals surface area contributed by atoms with Crippen molar-refractivity contribution in [2.45, 2.75) is 26.4 Å². The molecule has 0 aliphatic heterocycles. The van der Waals surface area contributed by atoms with Gasteiger partial charge in [0.2, 0.25) is 5.96 Å². The van der Waals surface area contributed by atoms with E-state index in [1.807, 2.05) is 56.3 Å². The van der Waals surface area contributed by atoms with Gasteiger partial charge in [0.25, 0.3) is 0 Å². The molecule has 0 aliphatic rings. The minimum absolute atomic E-state index is 0.0837. The molecule has 6 heteroatoms. The first kappa shape index (κ1) is 19.3. The minimum atomic E-state index is 0.0837. The van der Waals surface area contributed by atoms with E-state index >= 15 is 0 Å². The number of rotatable bonds is 6. The van der Waals surface area contributed by atoms with Crippen LogP contribution < -0.4 is 4.90 Å². The van der Waals surface area contributed by atoms with Crippen LogP contribution in [0.2, 0.25) is 0 Å². The van der Waals surface area contributed by atoms with E-state index in [0.717, 1.165) is 17.9 Å². The molecule has 0 atom stereocenters. The molecule has 26 heavy (non-hydrogen) atoms. The van der Waals surface area contributed by atoms with Gasteiger partial charge in [0.15, 0.2) is 0 Å². The van der Waals surface area contributed by atoms with Gasteiger partial charge in [-0.1, -0.05) is 30.3 Å². The molecule has 0 saturated heterocycles. The van der Waals surface area contributed by atoms with Crippen molar-refractivity contribution in [3.8, 4) is 0 Å². The number of hydrogen-bond acceptors (Lipinski definition) is 4. The fourth-order valence-electron chi connectivity index (χ4n) is 2.30. The number of nitrogens with zero attached hydrogens (tertiary/aromatic N) is 5. The number of azo groups is 1. The maximum atomic E-state index is 7.35. The van der Waals surface area contributed by atoms with E-state index in [-0.39, 0.29) is 6.04 Å². The third-order valence-corrected chi connectivity index (χ3v) is 3.69. The van der Waals surface area contributed by atoms with E-state index in [2.05, 4.69) is 39.3 Å². The molecule has 0 heterocycles. The SMILES string of the molecule is CC(C)/N=C(/N=N/c1ccc(N(C)Cc2ccccc2)cc1)N(C)C=N. The second kappa shape index (κ2) is 9.46. The molecular formula is C20H26N6.